The number of aromatic nitrogens is 1. The molecule has 2 heterocycles. The normalized spacial score (nSPS) is 20.1. The average molecular weight is 348 g/mol. The molecule has 0 aromatic carbocycles. The molecule has 1 N–H and O–H groups in total. The number of piperidine rings is 1. The lowest BCUT2D eigenvalue weighted by Crippen LogP contribution is -2.44. The van der Waals surface area contributed by atoms with Crippen molar-refractivity contribution in [2.45, 2.75) is 45.0 Å². The number of fused-ring (bicyclic) bond motifs is 1. The van der Waals surface area contributed by atoms with Gasteiger partial charge in [-0.05, 0) is 50.2 Å². The fourth-order valence-corrected chi connectivity index (χ4v) is 3.65. The molecular formula is C18H22F2N4O. The number of rotatable bonds is 4. The van der Waals surface area contributed by atoms with Crippen LogP contribution in [0.3, 0.4) is 0 Å². The maximum absolute atomic E-state index is 12.3. The van der Waals surface area contributed by atoms with E-state index >= 15 is 0 Å². The Morgan fingerprint density at radius 2 is 2.20 bits per heavy atom. The Bertz CT molecular complexity index is 686. The number of anilines is 1. The van der Waals surface area contributed by atoms with E-state index in [1.54, 1.807) is 0 Å². The van der Waals surface area contributed by atoms with E-state index in [-0.39, 0.29) is 11.8 Å². The third kappa shape index (κ3) is 4.06. The van der Waals surface area contributed by atoms with Crippen molar-refractivity contribution in [2.24, 2.45) is 5.92 Å². The van der Waals surface area contributed by atoms with E-state index in [2.05, 4.69) is 11.4 Å². The minimum absolute atomic E-state index is 0.346. The highest BCUT2D eigenvalue weighted by Gasteiger charge is 2.29. The summed E-state index contributed by atoms with van der Waals surface area (Å²) in [5.41, 5.74) is 2.73. The zero-order valence-electron chi connectivity index (χ0n) is 14.1. The largest absolute Gasteiger partial charge is 0.355 e. The SMILES string of the molecule is N#Cc1cc2c(nc1N1CCCC(C(=O)NCC(F)F)C1)CCCC2. The van der Waals surface area contributed by atoms with Crippen LogP contribution in [0.4, 0.5) is 14.6 Å². The van der Waals surface area contributed by atoms with Crippen LogP contribution in [0.1, 0.15) is 42.5 Å². The number of halogens is 2. The summed E-state index contributed by atoms with van der Waals surface area (Å²) in [7, 11) is 0. The van der Waals surface area contributed by atoms with Gasteiger partial charge in [-0.1, -0.05) is 0 Å². The van der Waals surface area contributed by atoms with Crippen molar-refractivity contribution in [2.75, 3.05) is 24.5 Å². The van der Waals surface area contributed by atoms with Crippen LogP contribution in [-0.4, -0.2) is 37.0 Å². The molecule has 1 amide bonds. The number of nitrogens with zero attached hydrogens (tertiary/aromatic N) is 3. The maximum Gasteiger partial charge on any atom is 0.255 e. The van der Waals surface area contributed by atoms with Crippen LogP contribution >= 0.6 is 0 Å². The lowest BCUT2D eigenvalue weighted by atomic mass is 9.93. The van der Waals surface area contributed by atoms with E-state index in [1.807, 2.05) is 11.0 Å². The van der Waals surface area contributed by atoms with Gasteiger partial charge >= 0.3 is 0 Å². The van der Waals surface area contributed by atoms with Gasteiger partial charge in [0, 0.05) is 18.8 Å². The second kappa shape index (κ2) is 7.77. The summed E-state index contributed by atoms with van der Waals surface area (Å²) in [6.45, 7) is 0.518. The van der Waals surface area contributed by atoms with Crippen LogP contribution in [0, 0.1) is 17.2 Å². The van der Waals surface area contributed by atoms with E-state index < -0.39 is 13.0 Å². The minimum Gasteiger partial charge on any atom is -0.355 e. The predicted molar refractivity (Wildman–Crippen MR) is 89.5 cm³/mol. The summed E-state index contributed by atoms with van der Waals surface area (Å²) in [6.07, 6.45) is 2.99. The number of carbonyl (C=O) groups is 1. The van der Waals surface area contributed by atoms with Crippen molar-refractivity contribution in [3.8, 4) is 6.07 Å². The number of aryl methyl sites for hydroxylation is 2. The van der Waals surface area contributed by atoms with Gasteiger partial charge in [-0.2, -0.15) is 5.26 Å². The smallest absolute Gasteiger partial charge is 0.255 e. The van der Waals surface area contributed by atoms with Crippen LogP contribution in [-0.2, 0) is 17.6 Å². The molecule has 7 heteroatoms. The fourth-order valence-electron chi connectivity index (χ4n) is 3.65. The molecule has 134 valence electrons. The van der Waals surface area contributed by atoms with Crippen LogP contribution in [0.5, 0.6) is 0 Å². The minimum atomic E-state index is -2.55. The number of carbonyl (C=O) groups excluding carboxylic acids is 1. The molecule has 1 aromatic heterocycles. The highest BCUT2D eigenvalue weighted by molar-refractivity contribution is 5.79. The Kier molecular flexibility index (Phi) is 5.47. The van der Waals surface area contributed by atoms with Crippen LogP contribution < -0.4 is 10.2 Å². The lowest BCUT2D eigenvalue weighted by molar-refractivity contribution is -0.125. The zero-order valence-corrected chi connectivity index (χ0v) is 14.1. The third-order valence-corrected chi connectivity index (χ3v) is 4.92. The van der Waals surface area contributed by atoms with Gasteiger partial charge in [0.15, 0.2) is 0 Å². The molecule has 1 aliphatic heterocycles. The van der Waals surface area contributed by atoms with Gasteiger partial charge in [0.05, 0.1) is 18.0 Å². The lowest BCUT2D eigenvalue weighted by Gasteiger charge is -2.34. The molecule has 1 atom stereocenters. The molecule has 0 radical (unpaired) electrons. The number of nitriles is 1. The van der Waals surface area contributed by atoms with E-state index in [0.717, 1.165) is 49.9 Å². The van der Waals surface area contributed by atoms with Crippen molar-refractivity contribution in [1.29, 1.82) is 5.26 Å². The van der Waals surface area contributed by atoms with Gasteiger partial charge < -0.3 is 10.2 Å². The van der Waals surface area contributed by atoms with Gasteiger partial charge in [0.2, 0.25) is 5.91 Å². The Morgan fingerprint density at radius 3 is 2.96 bits per heavy atom. The monoisotopic (exact) mass is 348 g/mol. The molecule has 0 bridgehead atoms. The van der Waals surface area contributed by atoms with E-state index in [1.165, 1.54) is 0 Å². The number of pyridine rings is 1. The molecule has 1 aliphatic carbocycles. The molecule has 2 aliphatic rings. The Balaban J connectivity index is 1.77. The molecule has 1 fully saturated rings. The third-order valence-electron chi connectivity index (χ3n) is 4.92. The molecule has 0 spiro atoms. The van der Waals surface area contributed by atoms with Gasteiger partial charge in [-0.15, -0.1) is 0 Å². The number of alkyl halides is 2. The van der Waals surface area contributed by atoms with Gasteiger partial charge in [-0.3, -0.25) is 4.79 Å². The Hall–Kier alpha value is -2.23. The topological polar surface area (TPSA) is 69.0 Å². The molecule has 5 nitrogen and oxygen atoms in total. The average Bonchev–Trinajstić information content (AvgIpc) is 2.65. The van der Waals surface area contributed by atoms with Gasteiger partial charge in [0.25, 0.3) is 6.43 Å². The first-order valence-electron chi connectivity index (χ1n) is 8.82. The highest BCUT2D eigenvalue weighted by atomic mass is 19.3. The number of hydrogen-bond acceptors (Lipinski definition) is 4. The summed E-state index contributed by atoms with van der Waals surface area (Å²) in [5.74, 6) is -0.0622. The number of nitrogens with one attached hydrogen (secondary N) is 1. The molecule has 1 unspecified atom stereocenters. The second-order valence-corrected chi connectivity index (χ2v) is 6.71. The number of hydrogen-bond donors (Lipinski definition) is 1. The van der Waals surface area contributed by atoms with E-state index in [4.69, 9.17) is 4.98 Å². The highest BCUT2D eigenvalue weighted by Crippen LogP contribution is 2.29. The van der Waals surface area contributed by atoms with Crippen molar-refractivity contribution in [3.63, 3.8) is 0 Å². The van der Waals surface area contributed by atoms with Gasteiger partial charge in [-0.25, -0.2) is 13.8 Å². The summed E-state index contributed by atoms with van der Waals surface area (Å²) < 4.78 is 24.6. The first kappa shape index (κ1) is 17.6. The Labute approximate surface area is 146 Å². The summed E-state index contributed by atoms with van der Waals surface area (Å²) >= 11 is 0. The molecule has 25 heavy (non-hydrogen) atoms. The molecule has 0 saturated carbocycles. The van der Waals surface area contributed by atoms with Crippen molar-refractivity contribution in [3.05, 3.63) is 22.9 Å². The first-order chi connectivity index (χ1) is 12.1. The summed E-state index contributed by atoms with van der Waals surface area (Å²) in [5, 5.41) is 11.8. The predicted octanol–water partition coefficient (Wildman–Crippen LogP) is 2.43. The van der Waals surface area contributed by atoms with Crippen LogP contribution in [0.15, 0.2) is 6.07 Å². The van der Waals surface area contributed by atoms with Crippen molar-refractivity contribution >= 4 is 11.7 Å². The quantitative estimate of drug-likeness (QED) is 0.907. The zero-order chi connectivity index (χ0) is 17.8. The van der Waals surface area contributed by atoms with Crippen LogP contribution in [0.2, 0.25) is 0 Å². The number of amides is 1. The molecule has 1 saturated heterocycles. The first-order valence-corrected chi connectivity index (χ1v) is 8.82. The summed E-state index contributed by atoms with van der Waals surface area (Å²) in [4.78, 5) is 18.8. The maximum atomic E-state index is 12.3. The van der Waals surface area contributed by atoms with Crippen molar-refractivity contribution in [1.82, 2.24) is 10.3 Å². The Morgan fingerprint density at radius 1 is 1.40 bits per heavy atom. The molecule has 1 aromatic rings. The fraction of sp³-hybridized carbons (Fsp3) is 0.611. The van der Waals surface area contributed by atoms with Crippen molar-refractivity contribution < 1.29 is 13.6 Å². The van der Waals surface area contributed by atoms with E-state index in [0.29, 0.717) is 24.3 Å². The van der Waals surface area contributed by atoms with Crippen LogP contribution in [0.25, 0.3) is 0 Å². The standard InChI is InChI=1S/C18H22F2N4O/c19-16(20)10-22-18(25)13-5-3-7-24(11-13)17-14(9-21)8-12-4-1-2-6-15(12)23-17/h8,13,16H,1-7,10-11H2,(H,22,25). The molecule has 3 rings (SSSR count). The van der Waals surface area contributed by atoms with E-state index in [9.17, 15) is 18.8 Å². The second-order valence-electron chi connectivity index (χ2n) is 6.71. The van der Waals surface area contributed by atoms with Gasteiger partial charge in [0.1, 0.15) is 11.9 Å². The molecular weight excluding hydrogens is 326 g/mol. The summed E-state index contributed by atoms with van der Waals surface area (Å²) in [6, 6.07) is 4.15.